The van der Waals surface area contributed by atoms with E-state index in [1.807, 2.05) is 59.5 Å². The van der Waals surface area contributed by atoms with Crippen LogP contribution in [-0.2, 0) is 28.1 Å². The van der Waals surface area contributed by atoms with Crippen LogP contribution in [-0.4, -0.2) is 40.2 Å². The molecule has 4 amide bonds. The van der Waals surface area contributed by atoms with E-state index >= 15 is 0 Å². The fourth-order valence-electron chi connectivity index (χ4n) is 5.38. The summed E-state index contributed by atoms with van der Waals surface area (Å²) in [5.41, 5.74) is 1.96. The number of amides is 4. The van der Waals surface area contributed by atoms with Crippen molar-refractivity contribution in [3.63, 3.8) is 0 Å². The number of imide groups is 1. The van der Waals surface area contributed by atoms with Crippen molar-refractivity contribution in [2.75, 3.05) is 6.54 Å². The first-order valence-electron chi connectivity index (χ1n) is 11.6. The van der Waals surface area contributed by atoms with Crippen molar-refractivity contribution >= 4 is 17.8 Å². The molecule has 1 aliphatic heterocycles. The summed E-state index contributed by atoms with van der Waals surface area (Å²) in [6, 6.07) is 17.2. The highest BCUT2D eigenvalue weighted by Gasteiger charge is 2.55. The first-order valence-corrected chi connectivity index (χ1v) is 11.6. The molecule has 2 fully saturated rings. The molecular formula is C26H29N3O3. The molecule has 6 heteroatoms. The smallest absolute Gasteiger partial charge is 0.325 e. The predicted molar refractivity (Wildman–Crippen MR) is 120 cm³/mol. The van der Waals surface area contributed by atoms with E-state index in [1.165, 1.54) is 6.42 Å². The summed E-state index contributed by atoms with van der Waals surface area (Å²) >= 11 is 0. The minimum absolute atomic E-state index is 0.0680. The van der Waals surface area contributed by atoms with Crippen LogP contribution in [0.1, 0.15) is 49.3 Å². The number of urea groups is 1. The van der Waals surface area contributed by atoms with E-state index < -0.39 is 11.6 Å². The van der Waals surface area contributed by atoms with Crippen molar-refractivity contribution < 1.29 is 14.4 Å². The van der Waals surface area contributed by atoms with Crippen LogP contribution < -0.4 is 5.32 Å². The number of hydrogen-bond donors (Lipinski definition) is 1. The van der Waals surface area contributed by atoms with E-state index in [-0.39, 0.29) is 24.4 Å². The second-order valence-corrected chi connectivity index (χ2v) is 9.32. The third-order valence-electron chi connectivity index (χ3n) is 7.56. The maximum Gasteiger partial charge on any atom is 0.325 e. The minimum atomic E-state index is -1.03. The summed E-state index contributed by atoms with van der Waals surface area (Å²) in [7, 11) is 0. The van der Waals surface area contributed by atoms with Gasteiger partial charge in [0.15, 0.2) is 0 Å². The topological polar surface area (TPSA) is 69.7 Å². The fraction of sp³-hybridized carbons (Fsp3) is 0.423. The molecule has 1 heterocycles. The maximum absolute atomic E-state index is 13.5. The summed E-state index contributed by atoms with van der Waals surface area (Å²) in [5, 5.41) is 2.92. The van der Waals surface area contributed by atoms with Gasteiger partial charge in [-0.25, -0.2) is 4.79 Å². The van der Waals surface area contributed by atoms with Gasteiger partial charge in [-0.2, -0.15) is 0 Å². The van der Waals surface area contributed by atoms with Crippen molar-refractivity contribution in [2.45, 2.75) is 57.2 Å². The Morgan fingerprint density at radius 2 is 1.84 bits per heavy atom. The molecule has 1 saturated heterocycles. The van der Waals surface area contributed by atoms with E-state index in [1.54, 1.807) is 0 Å². The molecule has 5 rings (SSSR count). The fourth-order valence-corrected chi connectivity index (χ4v) is 5.38. The lowest BCUT2D eigenvalue weighted by Gasteiger charge is -2.39. The number of benzene rings is 2. The molecule has 2 atom stereocenters. The molecule has 0 unspecified atom stereocenters. The van der Waals surface area contributed by atoms with E-state index in [0.717, 1.165) is 40.9 Å². The molecule has 3 aliphatic rings. The average molecular weight is 432 g/mol. The van der Waals surface area contributed by atoms with Crippen molar-refractivity contribution in [1.82, 2.24) is 15.1 Å². The third-order valence-corrected chi connectivity index (χ3v) is 7.56. The van der Waals surface area contributed by atoms with Gasteiger partial charge in [0, 0.05) is 12.6 Å². The van der Waals surface area contributed by atoms with Crippen LogP contribution >= 0.6 is 0 Å². The zero-order valence-corrected chi connectivity index (χ0v) is 18.4. The average Bonchev–Trinajstić information content (AvgIpc) is 3.24. The van der Waals surface area contributed by atoms with Crippen molar-refractivity contribution in [1.29, 1.82) is 0 Å². The summed E-state index contributed by atoms with van der Waals surface area (Å²) in [4.78, 5) is 42.8. The van der Waals surface area contributed by atoms with E-state index in [2.05, 4.69) is 12.2 Å². The minimum Gasteiger partial charge on any atom is -0.334 e. The predicted octanol–water partition coefficient (Wildman–Crippen LogP) is 3.60. The zero-order valence-electron chi connectivity index (χ0n) is 18.4. The molecule has 2 aromatic carbocycles. The quantitative estimate of drug-likeness (QED) is 0.711. The molecule has 166 valence electrons. The SMILES string of the molecule is C[C@H](C1CCC1)N(Cc1ccccc1)C(=O)CN1C(=O)N[C@]2(CCc3ccccc32)C1=O. The molecule has 2 aliphatic carbocycles. The third kappa shape index (κ3) is 3.38. The van der Waals surface area contributed by atoms with E-state index in [0.29, 0.717) is 18.9 Å². The van der Waals surface area contributed by atoms with Gasteiger partial charge in [-0.15, -0.1) is 0 Å². The van der Waals surface area contributed by atoms with Gasteiger partial charge in [0.2, 0.25) is 5.91 Å². The molecule has 1 saturated carbocycles. The standard InChI is InChI=1S/C26H29N3O3/c1-18(20-11-7-12-20)28(16-19-8-3-2-4-9-19)23(30)17-29-24(31)26(27-25(29)32)15-14-21-10-5-6-13-22(21)26/h2-6,8-10,13,18,20H,7,11-12,14-17H2,1H3,(H,27,32)/t18-,26+/m1/s1. The first kappa shape index (κ1) is 20.7. The Morgan fingerprint density at radius 1 is 1.12 bits per heavy atom. The van der Waals surface area contributed by atoms with Crippen LogP contribution in [0.5, 0.6) is 0 Å². The highest BCUT2D eigenvalue weighted by atomic mass is 16.2. The van der Waals surface area contributed by atoms with Crippen LogP contribution in [0.25, 0.3) is 0 Å². The van der Waals surface area contributed by atoms with Gasteiger partial charge in [-0.1, -0.05) is 61.0 Å². The number of rotatable bonds is 6. The number of fused-ring (bicyclic) bond motifs is 2. The molecule has 0 bridgehead atoms. The maximum atomic E-state index is 13.5. The van der Waals surface area contributed by atoms with Crippen LogP contribution in [0.2, 0.25) is 0 Å². The Morgan fingerprint density at radius 3 is 2.56 bits per heavy atom. The Bertz CT molecular complexity index is 1050. The largest absolute Gasteiger partial charge is 0.334 e. The number of nitrogens with one attached hydrogen (secondary N) is 1. The molecule has 2 aromatic rings. The lowest BCUT2D eigenvalue weighted by molar-refractivity contribution is -0.142. The second kappa shape index (κ2) is 8.08. The van der Waals surface area contributed by atoms with Crippen LogP contribution in [0, 0.1) is 5.92 Å². The molecular weight excluding hydrogens is 402 g/mol. The van der Waals surface area contributed by atoms with Crippen LogP contribution in [0.3, 0.4) is 0 Å². The highest BCUT2D eigenvalue weighted by Crippen LogP contribution is 2.41. The number of carbonyl (C=O) groups is 3. The molecule has 1 spiro atoms. The van der Waals surface area contributed by atoms with Crippen LogP contribution in [0.4, 0.5) is 4.79 Å². The number of nitrogens with zero attached hydrogens (tertiary/aromatic N) is 2. The molecule has 0 aromatic heterocycles. The van der Waals surface area contributed by atoms with Gasteiger partial charge in [0.1, 0.15) is 12.1 Å². The Labute approximate surface area is 188 Å². The van der Waals surface area contributed by atoms with E-state index in [9.17, 15) is 14.4 Å². The summed E-state index contributed by atoms with van der Waals surface area (Å²) in [6.45, 7) is 2.35. The van der Waals surface area contributed by atoms with Gasteiger partial charge in [0.25, 0.3) is 5.91 Å². The number of carbonyl (C=O) groups excluding carboxylic acids is 3. The van der Waals surface area contributed by atoms with Gasteiger partial charge in [0.05, 0.1) is 0 Å². The Balaban J connectivity index is 1.37. The number of aryl methyl sites for hydroxylation is 1. The molecule has 1 N–H and O–H groups in total. The molecule has 0 radical (unpaired) electrons. The molecule has 6 nitrogen and oxygen atoms in total. The zero-order chi connectivity index (χ0) is 22.3. The summed E-state index contributed by atoms with van der Waals surface area (Å²) in [5.74, 6) is -0.0179. The molecule has 32 heavy (non-hydrogen) atoms. The van der Waals surface area contributed by atoms with Crippen molar-refractivity contribution in [3.8, 4) is 0 Å². The number of hydrogen-bond acceptors (Lipinski definition) is 3. The Kier molecular flexibility index (Phi) is 5.24. The lowest BCUT2D eigenvalue weighted by atomic mass is 9.79. The lowest BCUT2D eigenvalue weighted by Crippen LogP contribution is -2.49. The van der Waals surface area contributed by atoms with Crippen molar-refractivity contribution in [2.24, 2.45) is 5.92 Å². The van der Waals surface area contributed by atoms with Gasteiger partial charge in [-0.3, -0.25) is 14.5 Å². The van der Waals surface area contributed by atoms with Gasteiger partial charge >= 0.3 is 6.03 Å². The van der Waals surface area contributed by atoms with E-state index in [4.69, 9.17) is 0 Å². The second-order valence-electron chi connectivity index (χ2n) is 9.32. The normalized spacial score (nSPS) is 23.1. The van der Waals surface area contributed by atoms with Crippen molar-refractivity contribution in [3.05, 3.63) is 71.3 Å². The van der Waals surface area contributed by atoms with Crippen LogP contribution in [0.15, 0.2) is 54.6 Å². The first-order chi connectivity index (χ1) is 15.5. The summed E-state index contributed by atoms with van der Waals surface area (Å²) < 4.78 is 0. The Hall–Kier alpha value is -3.15. The van der Waals surface area contributed by atoms with Gasteiger partial charge in [-0.05, 0) is 55.2 Å². The highest BCUT2D eigenvalue weighted by molar-refractivity contribution is 6.09. The monoisotopic (exact) mass is 431 g/mol. The summed E-state index contributed by atoms with van der Waals surface area (Å²) in [6.07, 6.45) is 4.69. The van der Waals surface area contributed by atoms with Gasteiger partial charge < -0.3 is 10.2 Å².